The third kappa shape index (κ3) is 5.01. The van der Waals surface area contributed by atoms with E-state index >= 15 is 0 Å². The minimum absolute atomic E-state index is 0.0308. The van der Waals surface area contributed by atoms with Gasteiger partial charge in [0.1, 0.15) is 11.5 Å². The van der Waals surface area contributed by atoms with Crippen molar-refractivity contribution in [3.05, 3.63) is 23.8 Å². The summed E-state index contributed by atoms with van der Waals surface area (Å²) < 4.78 is 10.5. The maximum absolute atomic E-state index is 12.4. The molecule has 7 nitrogen and oxygen atoms in total. The molecule has 0 aromatic heterocycles. The molecule has 1 fully saturated rings. The number of nitrogens with zero attached hydrogens (tertiary/aromatic N) is 1. The van der Waals surface area contributed by atoms with E-state index in [9.17, 15) is 9.59 Å². The van der Waals surface area contributed by atoms with Gasteiger partial charge in [-0.05, 0) is 37.8 Å². The van der Waals surface area contributed by atoms with Crippen LogP contribution in [0.15, 0.2) is 18.2 Å². The molecule has 0 radical (unpaired) electrons. The number of hydrogen-bond acceptors (Lipinski definition) is 4. The summed E-state index contributed by atoms with van der Waals surface area (Å²) in [6.45, 7) is 0.406. The van der Waals surface area contributed by atoms with Gasteiger partial charge >= 0.3 is 12.0 Å². The van der Waals surface area contributed by atoms with E-state index < -0.39 is 5.97 Å². The van der Waals surface area contributed by atoms with Gasteiger partial charge in [-0.3, -0.25) is 4.79 Å². The van der Waals surface area contributed by atoms with Crippen molar-refractivity contribution in [2.75, 3.05) is 21.3 Å². The van der Waals surface area contributed by atoms with Gasteiger partial charge in [-0.1, -0.05) is 0 Å². The molecule has 138 valence electrons. The molecule has 0 saturated heterocycles. The molecule has 1 aromatic rings. The highest BCUT2D eigenvalue weighted by molar-refractivity contribution is 5.74. The van der Waals surface area contributed by atoms with Gasteiger partial charge in [0, 0.05) is 24.7 Å². The quantitative estimate of drug-likeness (QED) is 0.823. The predicted octanol–water partition coefficient (Wildman–Crippen LogP) is 2.49. The van der Waals surface area contributed by atoms with E-state index in [0.29, 0.717) is 43.7 Å². The summed E-state index contributed by atoms with van der Waals surface area (Å²) in [7, 11) is 4.90. The van der Waals surface area contributed by atoms with E-state index in [4.69, 9.17) is 14.6 Å². The topological polar surface area (TPSA) is 88.1 Å². The first kappa shape index (κ1) is 18.9. The fourth-order valence-electron chi connectivity index (χ4n) is 3.08. The number of hydrogen-bond donors (Lipinski definition) is 2. The zero-order valence-electron chi connectivity index (χ0n) is 14.9. The van der Waals surface area contributed by atoms with Crippen molar-refractivity contribution in [3.8, 4) is 11.5 Å². The van der Waals surface area contributed by atoms with Crippen molar-refractivity contribution in [1.29, 1.82) is 0 Å². The summed E-state index contributed by atoms with van der Waals surface area (Å²) in [6, 6.07) is 5.35. The number of benzene rings is 1. The van der Waals surface area contributed by atoms with Crippen LogP contribution in [0.1, 0.15) is 31.2 Å². The van der Waals surface area contributed by atoms with Gasteiger partial charge in [0.2, 0.25) is 0 Å². The van der Waals surface area contributed by atoms with E-state index in [0.717, 1.165) is 5.56 Å². The third-order valence-electron chi connectivity index (χ3n) is 4.65. The van der Waals surface area contributed by atoms with Crippen LogP contribution in [0.3, 0.4) is 0 Å². The van der Waals surface area contributed by atoms with Crippen molar-refractivity contribution in [2.45, 2.75) is 38.3 Å². The van der Waals surface area contributed by atoms with Crippen molar-refractivity contribution < 1.29 is 24.2 Å². The molecule has 0 unspecified atom stereocenters. The van der Waals surface area contributed by atoms with E-state index in [-0.39, 0.29) is 18.0 Å². The molecule has 2 rings (SSSR count). The molecule has 0 heterocycles. The Balaban J connectivity index is 1.89. The number of carboxylic acid groups (broad SMARTS) is 1. The minimum Gasteiger partial charge on any atom is -0.497 e. The molecule has 1 saturated carbocycles. The molecule has 2 N–H and O–H groups in total. The van der Waals surface area contributed by atoms with Gasteiger partial charge in [0.15, 0.2) is 0 Å². The average molecular weight is 350 g/mol. The first-order chi connectivity index (χ1) is 11.9. The molecular formula is C18H26N2O5. The molecular weight excluding hydrogens is 324 g/mol. The average Bonchev–Trinajstić information content (AvgIpc) is 2.62. The van der Waals surface area contributed by atoms with Gasteiger partial charge in [-0.15, -0.1) is 0 Å². The predicted molar refractivity (Wildman–Crippen MR) is 92.9 cm³/mol. The summed E-state index contributed by atoms with van der Waals surface area (Å²) in [4.78, 5) is 25.0. The molecule has 7 heteroatoms. The first-order valence-corrected chi connectivity index (χ1v) is 8.40. The van der Waals surface area contributed by atoms with Crippen LogP contribution in [0.4, 0.5) is 4.79 Å². The van der Waals surface area contributed by atoms with Gasteiger partial charge in [0.25, 0.3) is 0 Å². The Kier molecular flexibility index (Phi) is 6.50. The summed E-state index contributed by atoms with van der Waals surface area (Å²) in [5.74, 6) is 0.340. The zero-order chi connectivity index (χ0) is 18.4. The van der Waals surface area contributed by atoms with Crippen LogP contribution >= 0.6 is 0 Å². The largest absolute Gasteiger partial charge is 0.497 e. The maximum Gasteiger partial charge on any atom is 0.317 e. The van der Waals surface area contributed by atoms with Gasteiger partial charge in [-0.25, -0.2) is 4.79 Å². The number of amides is 2. The van der Waals surface area contributed by atoms with E-state index in [1.807, 2.05) is 12.1 Å². The Hall–Kier alpha value is -2.44. The van der Waals surface area contributed by atoms with E-state index in [1.54, 1.807) is 32.2 Å². The number of carbonyl (C=O) groups is 2. The Morgan fingerprint density at radius 3 is 2.44 bits per heavy atom. The SMILES string of the molecule is COc1ccc(CN(C)C(=O)NC2CCC(C(=O)O)CC2)c(OC)c1. The standard InChI is InChI=1S/C18H26N2O5/c1-20(11-13-6-9-15(24-2)10-16(13)25-3)18(23)19-14-7-4-12(5-8-14)17(21)22/h6,9-10,12,14H,4-5,7-8,11H2,1-3H3,(H,19,23)(H,21,22). The molecule has 1 aromatic carbocycles. The molecule has 0 atom stereocenters. The molecule has 0 spiro atoms. The number of methoxy groups -OCH3 is 2. The van der Waals surface area contributed by atoms with E-state index in [2.05, 4.69) is 5.32 Å². The molecule has 0 bridgehead atoms. The highest BCUT2D eigenvalue weighted by atomic mass is 16.5. The molecule has 2 amide bonds. The number of aliphatic carboxylic acids is 1. The fraction of sp³-hybridized carbons (Fsp3) is 0.556. The van der Waals surface area contributed by atoms with Crippen LogP contribution in [-0.2, 0) is 11.3 Å². The first-order valence-electron chi connectivity index (χ1n) is 8.40. The summed E-state index contributed by atoms with van der Waals surface area (Å²) in [5, 5.41) is 12.0. The lowest BCUT2D eigenvalue weighted by molar-refractivity contribution is -0.142. The Labute approximate surface area is 147 Å². The van der Waals surface area contributed by atoms with Crippen LogP contribution in [-0.4, -0.2) is 49.3 Å². The number of urea groups is 1. The smallest absolute Gasteiger partial charge is 0.317 e. The number of carbonyl (C=O) groups excluding carboxylic acids is 1. The minimum atomic E-state index is -0.742. The van der Waals surface area contributed by atoms with Gasteiger partial charge < -0.3 is 24.8 Å². The molecule has 1 aliphatic carbocycles. The van der Waals surface area contributed by atoms with Gasteiger partial charge in [0.05, 0.1) is 26.7 Å². The second-order valence-corrected chi connectivity index (χ2v) is 6.37. The highest BCUT2D eigenvalue weighted by Crippen LogP contribution is 2.26. The van der Waals surface area contributed by atoms with Crippen molar-refractivity contribution >= 4 is 12.0 Å². The van der Waals surface area contributed by atoms with Crippen molar-refractivity contribution in [1.82, 2.24) is 10.2 Å². The van der Waals surface area contributed by atoms with Crippen LogP contribution in [0.5, 0.6) is 11.5 Å². The normalized spacial score (nSPS) is 19.8. The number of rotatable bonds is 6. The molecule has 0 aliphatic heterocycles. The van der Waals surface area contributed by atoms with Crippen LogP contribution in [0.25, 0.3) is 0 Å². The van der Waals surface area contributed by atoms with E-state index in [1.165, 1.54) is 0 Å². The highest BCUT2D eigenvalue weighted by Gasteiger charge is 2.27. The lowest BCUT2D eigenvalue weighted by atomic mass is 9.86. The second kappa shape index (κ2) is 8.60. The fourth-order valence-corrected chi connectivity index (χ4v) is 3.08. The Bertz CT molecular complexity index is 611. The summed E-state index contributed by atoms with van der Waals surface area (Å²) in [6.07, 6.45) is 2.61. The summed E-state index contributed by atoms with van der Waals surface area (Å²) in [5.41, 5.74) is 0.885. The zero-order valence-corrected chi connectivity index (χ0v) is 14.9. The molecule has 25 heavy (non-hydrogen) atoms. The van der Waals surface area contributed by atoms with Gasteiger partial charge in [-0.2, -0.15) is 0 Å². The molecule has 1 aliphatic rings. The number of ether oxygens (including phenoxy) is 2. The monoisotopic (exact) mass is 350 g/mol. The number of carboxylic acids is 1. The summed E-state index contributed by atoms with van der Waals surface area (Å²) >= 11 is 0. The number of nitrogens with one attached hydrogen (secondary N) is 1. The second-order valence-electron chi connectivity index (χ2n) is 6.37. The van der Waals surface area contributed by atoms with Crippen molar-refractivity contribution in [3.63, 3.8) is 0 Å². The van der Waals surface area contributed by atoms with Crippen molar-refractivity contribution in [2.24, 2.45) is 5.92 Å². The Morgan fingerprint density at radius 2 is 1.88 bits per heavy atom. The third-order valence-corrected chi connectivity index (χ3v) is 4.65. The van der Waals surface area contributed by atoms with Crippen LogP contribution in [0.2, 0.25) is 0 Å². The lowest BCUT2D eigenvalue weighted by Gasteiger charge is -2.29. The maximum atomic E-state index is 12.4. The van der Waals surface area contributed by atoms with Crippen LogP contribution < -0.4 is 14.8 Å². The Morgan fingerprint density at radius 1 is 1.20 bits per heavy atom. The van der Waals surface area contributed by atoms with Crippen LogP contribution in [0, 0.1) is 5.92 Å². The lowest BCUT2D eigenvalue weighted by Crippen LogP contribution is -2.44.